The van der Waals surface area contributed by atoms with Crippen LogP contribution in [0.3, 0.4) is 0 Å². The zero-order valence-electron chi connectivity index (χ0n) is 13.5. The van der Waals surface area contributed by atoms with Crippen LogP contribution in [0, 0.1) is 0 Å². The van der Waals surface area contributed by atoms with Crippen LogP contribution >= 0.6 is 0 Å². The third kappa shape index (κ3) is 4.36. The summed E-state index contributed by atoms with van der Waals surface area (Å²) in [5.74, 6) is 0.606. The van der Waals surface area contributed by atoms with Gasteiger partial charge in [0, 0.05) is 11.7 Å². The summed E-state index contributed by atoms with van der Waals surface area (Å²) in [5, 5.41) is 0. The van der Waals surface area contributed by atoms with Crippen LogP contribution < -0.4 is 11.5 Å². The fraction of sp³-hybridized carbons (Fsp3) is 0.444. The van der Waals surface area contributed by atoms with E-state index in [2.05, 4.69) is 37.6 Å². The molecule has 0 bridgehead atoms. The van der Waals surface area contributed by atoms with Crippen molar-refractivity contribution >= 4 is 0 Å². The maximum atomic E-state index is 6.02. The van der Waals surface area contributed by atoms with Gasteiger partial charge in [0.05, 0.1) is 5.82 Å². The van der Waals surface area contributed by atoms with Crippen LogP contribution in [-0.2, 0) is 0 Å². The number of hydrogen-bond acceptors (Lipinski definition) is 3. The number of nitrogens with zero attached hydrogens (tertiary/aromatic N) is 1. The highest BCUT2D eigenvalue weighted by Crippen LogP contribution is 2.33. The number of allylic oxidation sites excluding steroid dienone is 6. The molecule has 3 heteroatoms. The van der Waals surface area contributed by atoms with E-state index in [4.69, 9.17) is 11.5 Å². The highest BCUT2D eigenvalue weighted by Gasteiger charge is 2.27. The largest absolute Gasteiger partial charge is 0.386 e. The van der Waals surface area contributed by atoms with E-state index in [9.17, 15) is 0 Å². The smallest absolute Gasteiger partial charge is 0.0957 e. The van der Waals surface area contributed by atoms with Crippen LogP contribution in [0.1, 0.15) is 39.5 Å². The van der Waals surface area contributed by atoms with Gasteiger partial charge in [-0.05, 0) is 50.3 Å². The normalized spacial score (nSPS) is 19.2. The summed E-state index contributed by atoms with van der Waals surface area (Å²) >= 11 is 0. The van der Waals surface area contributed by atoms with Gasteiger partial charge in [-0.3, -0.25) is 0 Å². The van der Waals surface area contributed by atoms with Crippen LogP contribution in [0.4, 0.5) is 0 Å². The van der Waals surface area contributed by atoms with Crippen molar-refractivity contribution in [3.63, 3.8) is 0 Å². The van der Waals surface area contributed by atoms with Gasteiger partial charge in [0.15, 0.2) is 0 Å². The summed E-state index contributed by atoms with van der Waals surface area (Å²) in [6.07, 6.45) is 8.14. The van der Waals surface area contributed by atoms with E-state index in [-0.39, 0.29) is 0 Å². The summed E-state index contributed by atoms with van der Waals surface area (Å²) in [5.41, 5.74) is 16.2. The summed E-state index contributed by atoms with van der Waals surface area (Å²) in [6, 6.07) is 0.365. The van der Waals surface area contributed by atoms with Crippen molar-refractivity contribution in [2.24, 2.45) is 11.5 Å². The quantitative estimate of drug-likeness (QED) is 0.704. The Bertz CT molecular complexity index is 483. The minimum atomic E-state index is 0.365. The van der Waals surface area contributed by atoms with Gasteiger partial charge in [0.25, 0.3) is 0 Å². The molecular formula is C18H29N3. The lowest BCUT2D eigenvalue weighted by Gasteiger charge is -2.40. The minimum absolute atomic E-state index is 0.365. The van der Waals surface area contributed by atoms with Crippen molar-refractivity contribution in [3.05, 3.63) is 60.1 Å². The first-order valence-corrected chi connectivity index (χ1v) is 7.60. The predicted molar refractivity (Wildman–Crippen MR) is 92.3 cm³/mol. The highest BCUT2D eigenvalue weighted by atomic mass is 15.2. The van der Waals surface area contributed by atoms with Crippen LogP contribution in [0.15, 0.2) is 60.1 Å². The predicted octanol–water partition coefficient (Wildman–Crippen LogP) is 3.58. The zero-order valence-corrected chi connectivity index (χ0v) is 13.5. The molecule has 0 aromatic heterocycles. The van der Waals surface area contributed by atoms with E-state index < -0.39 is 0 Å². The lowest BCUT2D eigenvalue weighted by atomic mass is 9.92. The second-order valence-corrected chi connectivity index (χ2v) is 5.60. The monoisotopic (exact) mass is 287 g/mol. The molecule has 0 spiro atoms. The van der Waals surface area contributed by atoms with Gasteiger partial charge in [0.1, 0.15) is 0 Å². The van der Waals surface area contributed by atoms with Crippen LogP contribution in [0.25, 0.3) is 0 Å². The second kappa shape index (κ2) is 7.89. The van der Waals surface area contributed by atoms with Crippen LogP contribution in [-0.4, -0.2) is 17.5 Å². The molecule has 0 saturated carbocycles. The third-order valence-corrected chi connectivity index (χ3v) is 3.95. The first-order chi connectivity index (χ1) is 9.92. The van der Waals surface area contributed by atoms with Crippen LogP contribution in [0.2, 0.25) is 0 Å². The zero-order chi connectivity index (χ0) is 16.0. The van der Waals surface area contributed by atoms with Gasteiger partial charge in [-0.25, -0.2) is 0 Å². The Morgan fingerprint density at radius 2 is 2.05 bits per heavy atom. The van der Waals surface area contributed by atoms with Gasteiger partial charge < -0.3 is 16.4 Å². The lowest BCUT2D eigenvalue weighted by molar-refractivity contribution is 0.255. The molecule has 1 unspecified atom stereocenters. The molecule has 116 valence electrons. The van der Waals surface area contributed by atoms with Crippen molar-refractivity contribution in [2.45, 2.75) is 45.6 Å². The van der Waals surface area contributed by atoms with E-state index in [1.165, 1.54) is 11.3 Å². The van der Waals surface area contributed by atoms with E-state index in [1.807, 2.05) is 13.0 Å². The first kappa shape index (κ1) is 17.3. The molecule has 0 radical (unpaired) electrons. The minimum Gasteiger partial charge on any atom is -0.386 e. The number of hydrogen-bond donors (Lipinski definition) is 2. The molecule has 21 heavy (non-hydrogen) atoms. The standard InChI is InChI=1S/C18H29N3/c1-6-18-16(8-7-14(4)13(2)3)9-10-17(11-12-19)21(18)15(5)20/h7-8,17H,2,4-6,9-12,19-20H2,1,3H3/b8-7-. The average Bonchev–Trinajstić information content (AvgIpc) is 2.44. The fourth-order valence-corrected chi connectivity index (χ4v) is 2.76. The summed E-state index contributed by atoms with van der Waals surface area (Å²) in [7, 11) is 0. The molecule has 1 rings (SSSR count). The van der Waals surface area contributed by atoms with Crippen LogP contribution in [0.5, 0.6) is 0 Å². The van der Waals surface area contributed by atoms with Crippen molar-refractivity contribution < 1.29 is 0 Å². The molecule has 0 aliphatic carbocycles. The van der Waals surface area contributed by atoms with E-state index in [0.29, 0.717) is 18.4 Å². The van der Waals surface area contributed by atoms with Gasteiger partial charge in [0.2, 0.25) is 0 Å². The van der Waals surface area contributed by atoms with E-state index >= 15 is 0 Å². The molecule has 0 aromatic carbocycles. The Morgan fingerprint density at radius 3 is 2.52 bits per heavy atom. The van der Waals surface area contributed by atoms with E-state index in [0.717, 1.165) is 36.8 Å². The Morgan fingerprint density at radius 1 is 1.38 bits per heavy atom. The fourth-order valence-electron chi connectivity index (χ4n) is 2.76. The molecule has 3 nitrogen and oxygen atoms in total. The molecule has 0 aromatic rings. The Kier molecular flexibility index (Phi) is 6.50. The second-order valence-electron chi connectivity index (χ2n) is 5.60. The molecule has 0 amide bonds. The summed E-state index contributed by atoms with van der Waals surface area (Å²) in [4.78, 5) is 2.17. The van der Waals surface area contributed by atoms with E-state index in [1.54, 1.807) is 0 Å². The van der Waals surface area contributed by atoms with Gasteiger partial charge in [-0.15, -0.1) is 0 Å². The summed E-state index contributed by atoms with van der Waals surface area (Å²) < 4.78 is 0. The van der Waals surface area contributed by atoms with Crippen molar-refractivity contribution in [2.75, 3.05) is 6.54 Å². The number of nitrogens with two attached hydrogens (primary N) is 2. The Hall–Kier alpha value is -1.74. The molecule has 0 saturated heterocycles. The number of rotatable bonds is 7. The molecular weight excluding hydrogens is 258 g/mol. The molecule has 1 heterocycles. The van der Waals surface area contributed by atoms with Crippen molar-refractivity contribution in [3.8, 4) is 0 Å². The molecule has 1 aliphatic heterocycles. The molecule has 1 aliphatic rings. The molecule has 4 N–H and O–H groups in total. The summed E-state index contributed by atoms with van der Waals surface area (Å²) in [6.45, 7) is 16.6. The van der Waals surface area contributed by atoms with Gasteiger partial charge in [-0.1, -0.05) is 44.4 Å². The maximum Gasteiger partial charge on any atom is 0.0957 e. The van der Waals surface area contributed by atoms with Gasteiger partial charge >= 0.3 is 0 Å². The van der Waals surface area contributed by atoms with Crippen molar-refractivity contribution in [1.82, 2.24) is 4.90 Å². The molecule has 0 fully saturated rings. The third-order valence-electron chi connectivity index (χ3n) is 3.95. The first-order valence-electron chi connectivity index (χ1n) is 7.60. The molecule has 1 atom stereocenters. The SMILES string of the molecule is C=C(C)C(=C)/C=C\C1=C(CC)N(C(=C)N)C(CCN)CC1. The van der Waals surface area contributed by atoms with Crippen molar-refractivity contribution in [1.29, 1.82) is 0 Å². The Labute approximate surface area is 129 Å². The topological polar surface area (TPSA) is 55.3 Å². The highest BCUT2D eigenvalue weighted by molar-refractivity contribution is 5.39. The van der Waals surface area contributed by atoms with Gasteiger partial charge in [-0.2, -0.15) is 0 Å². The Balaban J connectivity index is 3.10. The lowest BCUT2D eigenvalue weighted by Crippen LogP contribution is -2.40. The maximum absolute atomic E-state index is 6.02. The average molecular weight is 287 g/mol.